The zero-order valence-corrected chi connectivity index (χ0v) is 18.2. The Hall–Kier alpha value is -2.80. The number of hydrogen-bond acceptors (Lipinski definition) is 5. The molecule has 1 atom stereocenters. The third-order valence-electron chi connectivity index (χ3n) is 4.92. The average Bonchev–Trinajstić information content (AvgIpc) is 3.09. The van der Waals surface area contributed by atoms with E-state index in [9.17, 15) is 4.79 Å². The largest absolute Gasteiger partial charge is 0.497 e. The molecule has 0 aliphatic heterocycles. The molecule has 1 N–H and O–H groups in total. The molecule has 3 aromatic rings. The summed E-state index contributed by atoms with van der Waals surface area (Å²) >= 11 is 1.37. The molecule has 6 nitrogen and oxygen atoms in total. The van der Waals surface area contributed by atoms with Gasteiger partial charge in [0.05, 0.1) is 18.9 Å². The van der Waals surface area contributed by atoms with Crippen LogP contribution in [-0.2, 0) is 11.8 Å². The topological polar surface area (TPSA) is 69.0 Å². The van der Waals surface area contributed by atoms with Crippen LogP contribution in [0.5, 0.6) is 5.75 Å². The molecule has 0 radical (unpaired) electrons. The fourth-order valence-corrected chi connectivity index (χ4v) is 3.68. The van der Waals surface area contributed by atoms with Crippen molar-refractivity contribution in [2.75, 3.05) is 12.9 Å². The van der Waals surface area contributed by atoms with Crippen LogP contribution in [0.2, 0.25) is 0 Å². The lowest BCUT2D eigenvalue weighted by molar-refractivity contribution is -0.119. The third-order valence-corrected chi connectivity index (χ3v) is 5.94. The number of nitrogens with zero attached hydrogens (tertiary/aromatic N) is 3. The first-order chi connectivity index (χ1) is 13.9. The summed E-state index contributed by atoms with van der Waals surface area (Å²) < 4.78 is 7.09. The molecule has 0 spiro atoms. The number of aryl methyl sites for hydroxylation is 2. The molecule has 0 aliphatic rings. The number of amides is 1. The summed E-state index contributed by atoms with van der Waals surface area (Å²) in [5.74, 6) is 1.79. The van der Waals surface area contributed by atoms with Gasteiger partial charge in [0.25, 0.3) is 0 Å². The van der Waals surface area contributed by atoms with Gasteiger partial charge in [0.2, 0.25) is 5.91 Å². The first kappa shape index (κ1) is 20.9. The molecule has 152 valence electrons. The van der Waals surface area contributed by atoms with Gasteiger partial charge < -0.3 is 14.6 Å². The van der Waals surface area contributed by atoms with Crippen LogP contribution < -0.4 is 10.1 Å². The zero-order valence-electron chi connectivity index (χ0n) is 17.4. The molecule has 3 rings (SSSR count). The second-order valence-electron chi connectivity index (χ2n) is 7.02. The van der Waals surface area contributed by atoms with Crippen molar-refractivity contribution in [1.29, 1.82) is 0 Å². The van der Waals surface area contributed by atoms with Gasteiger partial charge in [-0.15, -0.1) is 10.2 Å². The molecule has 29 heavy (non-hydrogen) atoms. The number of thioether (sulfide) groups is 1. The lowest BCUT2D eigenvalue weighted by atomic mass is 10.0. The monoisotopic (exact) mass is 410 g/mol. The van der Waals surface area contributed by atoms with Crippen molar-refractivity contribution in [3.05, 3.63) is 59.2 Å². The Bertz CT molecular complexity index is 999. The Morgan fingerprint density at radius 1 is 1.14 bits per heavy atom. The van der Waals surface area contributed by atoms with E-state index < -0.39 is 0 Å². The minimum atomic E-state index is -0.0447. The third kappa shape index (κ3) is 4.98. The highest BCUT2D eigenvalue weighted by molar-refractivity contribution is 7.99. The smallest absolute Gasteiger partial charge is 0.230 e. The van der Waals surface area contributed by atoms with E-state index in [2.05, 4.69) is 47.6 Å². The van der Waals surface area contributed by atoms with Gasteiger partial charge in [-0.05, 0) is 61.7 Å². The summed E-state index contributed by atoms with van der Waals surface area (Å²) in [7, 11) is 3.54. The van der Waals surface area contributed by atoms with E-state index in [1.807, 2.05) is 42.8 Å². The van der Waals surface area contributed by atoms with Gasteiger partial charge in [-0.2, -0.15) is 0 Å². The molecule has 0 saturated carbocycles. The van der Waals surface area contributed by atoms with Crippen LogP contribution in [0.25, 0.3) is 11.4 Å². The molecular weight excluding hydrogens is 384 g/mol. The first-order valence-corrected chi connectivity index (χ1v) is 10.4. The second kappa shape index (κ2) is 9.13. The number of hydrogen-bond donors (Lipinski definition) is 1. The summed E-state index contributed by atoms with van der Waals surface area (Å²) in [4.78, 5) is 12.4. The maximum atomic E-state index is 12.4. The predicted octanol–water partition coefficient (Wildman–Crippen LogP) is 4.08. The lowest BCUT2D eigenvalue weighted by Gasteiger charge is -2.15. The minimum absolute atomic E-state index is 0.0327. The number of methoxy groups -OCH3 is 1. The van der Waals surface area contributed by atoms with Gasteiger partial charge in [0.1, 0.15) is 5.75 Å². The van der Waals surface area contributed by atoms with E-state index in [1.54, 1.807) is 7.11 Å². The van der Waals surface area contributed by atoms with Crippen LogP contribution in [0.1, 0.15) is 29.7 Å². The van der Waals surface area contributed by atoms with E-state index in [0.29, 0.717) is 5.16 Å². The number of carbonyl (C=O) groups is 1. The predicted molar refractivity (Wildman–Crippen MR) is 116 cm³/mol. The van der Waals surface area contributed by atoms with Crippen molar-refractivity contribution < 1.29 is 9.53 Å². The summed E-state index contributed by atoms with van der Waals surface area (Å²) in [6.45, 7) is 6.16. The van der Waals surface area contributed by atoms with Gasteiger partial charge in [0, 0.05) is 12.6 Å². The number of benzene rings is 2. The van der Waals surface area contributed by atoms with Crippen LogP contribution >= 0.6 is 11.8 Å². The number of aromatic nitrogens is 3. The Balaban J connectivity index is 1.60. The average molecular weight is 411 g/mol. The Labute approximate surface area is 175 Å². The number of carbonyl (C=O) groups excluding carboxylic acids is 1. The molecule has 0 aliphatic carbocycles. The molecule has 0 fully saturated rings. The molecule has 2 aromatic carbocycles. The second-order valence-corrected chi connectivity index (χ2v) is 7.96. The SMILES string of the molecule is COc1ccc(-c2nnc(SCC(=O)N[C@@H](C)c3ccc(C)c(C)c3)n2C)cc1. The van der Waals surface area contributed by atoms with Crippen LogP contribution in [0.3, 0.4) is 0 Å². The van der Waals surface area contributed by atoms with Crippen molar-refractivity contribution in [2.24, 2.45) is 7.05 Å². The molecule has 0 saturated heterocycles. The molecule has 7 heteroatoms. The maximum Gasteiger partial charge on any atom is 0.230 e. The minimum Gasteiger partial charge on any atom is -0.497 e. The van der Waals surface area contributed by atoms with E-state index in [4.69, 9.17) is 4.74 Å². The van der Waals surface area contributed by atoms with E-state index in [1.165, 1.54) is 22.9 Å². The quantitative estimate of drug-likeness (QED) is 0.595. The molecule has 0 unspecified atom stereocenters. The van der Waals surface area contributed by atoms with Crippen molar-refractivity contribution in [3.63, 3.8) is 0 Å². The van der Waals surface area contributed by atoms with Crippen molar-refractivity contribution in [2.45, 2.75) is 32.0 Å². The summed E-state index contributed by atoms with van der Waals surface area (Å²) in [5, 5.41) is 12.2. The van der Waals surface area contributed by atoms with Gasteiger partial charge in [-0.3, -0.25) is 4.79 Å². The van der Waals surface area contributed by atoms with Crippen molar-refractivity contribution in [3.8, 4) is 17.1 Å². The highest BCUT2D eigenvalue weighted by atomic mass is 32.2. The molecule has 1 heterocycles. The van der Waals surface area contributed by atoms with E-state index >= 15 is 0 Å². The summed E-state index contributed by atoms with van der Waals surface area (Å²) in [6, 6.07) is 13.9. The molecule has 1 amide bonds. The lowest BCUT2D eigenvalue weighted by Crippen LogP contribution is -2.28. The Kier molecular flexibility index (Phi) is 6.59. The first-order valence-electron chi connectivity index (χ1n) is 9.42. The van der Waals surface area contributed by atoms with E-state index in [-0.39, 0.29) is 17.7 Å². The fourth-order valence-electron chi connectivity index (χ4n) is 2.96. The Morgan fingerprint density at radius 2 is 1.86 bits per heavy atom. The normalized spacial score (nSPS) is 11.9. The van der Waals surface area contributed by atoms with Gasteiger partial charge in [-0.25, -0.2) is 0 Å². The number of nitrogens with one attached hydrogen (secondary N) is 1. The zero-order chi connectivity index (χ0) is 21.0. The molecule has 1 aromatic heterocycles. The fraction of sp³-hybridized carbons (Fsp3) is 0.318. The van der Waals surface area contributed by atoms with Crippen molar-refractivity contribution in [1.82, 2.24) is 20.1 Å². The highest BCUT2D eigenvalue weighted by Gasteiger charge is 2.15. The van der Waals surface area contributed by atoms with E-state index in [0.717, 1.165) is 22.7 Å². The summed E-state index contributed by atoms with van der Waals surface area (Å²) in [6.07, 6.45) is 0. The van der Waals surface area contributed by atoms with Gasteiger partial charge >= 0.3 is 0 Å². The van der Waals surface area contributed by atoms with Crippen molar-refractivity contribution >= 4 is 17.7 Å². The number of ether oxygens (including phenoxy) is 1. The number of rotatable bonds is 7. The maximum absolute atomic E-state index is 12.4. The molecule has 0 bridgehead atoms. The van der Waals surface area contributed by atoms with Gasteiger partial charge in [0.15, 0.2) is 11.0 Å². The van der Waals surface area contributed by atoms with Crippen LogP contribution in [-0.4, -0.2) is 33.5 Å². The van der Waals surface area contributed by atoms with Gasteiger partial charge in [-0.1, -0.05) is 30.0 Å². The van der Waals surface area contributed by atoms with Crippen LogP contribution in [0.15, 0.2) is 47.6 Å². The molecular formula is C22H26N4O2S. The van der Waals surface area contributed by atoms with Crippen LogP contribution in [0.4, 0.5) is 0 Å². The highest BCUT2D eigenvalue weighted by Crippen LogP contribution is 2.24. The summed E-state index contributed by atoms with van der Waals surface area (Å²) in [5.41, 5.74) is 4.52. The Morgan fingerprint density at radius 3 is 2.52 bits per heavy atom. The standard InChI is InChI=1S/C22H26N4O2S/c1-14-6-7-18(12-15(14)2)16(3)23-20(27)13-29-22-25-24-21(26(22)4)17-8-10-19(28-5)11-9-17/h6-12,16H,13H2,1-5H3,(H,23,27)/t16-/m0/s1. The van der Waals surface area contributed by atoms with Crippen LogP contribution in [0, 0.1) is 13.8 Å².